The molecule has 3 rings (SSSR count). The molecule has 0 unspecified atom stereocenters. The molecule has 1 aliphatic heterocycles. The van der Waals surface area contributed by atoms with Crippen molar-refractivity contribution in [3.63, 3.8) is 0 Å². The number of quaternary nitrogens is 1. The summed E-state index contributed by atoms with van der Waals surface area (Å²) in [4.78, 5) is 31.7. The normalized spacial score (nSPS) is 15.7. The number of hydrogen-bond acceptors (Lipinski definition) is 4. The highest BCUT2D eigenvalue weighted by Crippen LogP contribution is 2.02. The predicted octanol–water partition coefficient (Wildman–Crippen LogP) is -0.140. The van der Waals surface area contributed by atoms with E-state index in [4.69, 9.17) is 4.74 Å². The molecule has 0 aliphatic carbocycles. The summed E-state index contributed by atoms with van der Waals surface area (Å²) in [6, 6.07) is 7.28. The predicted molar refractivity (Wildman–Crippen MR) is 89.2 cm³/mol. The van der Waals surface area contributed by atoms with Crippen LogP contribution >= 0.6 is 0 Å². The number of pyridine rings is 1. The molecule has 0 bridgehead atoms. The zero-order valence-electron chi connectivity index (χ0n) is 14.1. The Hall–Kier alpha value is -2.41. The van der Waals surface area contributed by atoms with Gasteiger partial charge in [0, 0.05) is 11.8 Å². The second-order valence-corrected chi connectivity index (χ2v) is 6.06. The van der Waals surface area contributed by atoms with Gasteiger partial charge in [-0.05, 0) is 26.0 Å². The number of carbonyl (C=O) groups is 1. The molecule has 0 saturated carbocycles. The number of carbonyl (C=O) groups excluding carboxylic acids is 1. The molecule has 0 spiro atoms. The SMILES string of the molecule is CCOC(=O)N1CC[NH+](Cc2cc(=O)n3c(C)cccc3n2)CC1. The first-order chi connectivity index (χ1) is 11.6. The summed E-state index contributed by atoms with van der Waals surface area (Å²) in [5.74, 6) is 0. The van der Waals surface area contributed by atoms with Crippen LogP contribution in [-0.2, 0) is 11.3 Å². The fourth-order valence-electron chi connectivity index (χ4n) is 3.11. The van der Waals surface area contributed by atoms with Crippen molar-refractivity contribution in [1.29, 1.82) is 0 Å². The third-order valence-electron chi connectivity index (χ3n) is 4.36. The first-order valence-corrected chi connectivity index (χ1v) is 8.32. The van der Waals surface area contributed by atoms with Gasteiger partial charge in [-0.25, -0.2) is 9.78 Å². The van der Waals surface area contributed by atoms with E-state index in [-0.39, 0.29) is 11.7 Å². The second kappa shape index (κ2) is 7.00. The topological polar surface area (TPSA) is 68.3 Å². The van der Waals surface area contributed by atoms with E-state index in [1.165, 1.54) is 4.90 Å². The van der Waals surface area contributed by atoms with Crippen LogP contribution in [0.15, 0.2) is 29.1 Å². The molecule has 0 aromatic carbocycles. The molecule has 0 atom stereocenters. The van der Waals surface area contributed by atoms with Crippen LogP contribution < -0.4 is 10.5 Å². The summed E-state index contributed by atoms with van der Waals surface area (Å²) < 4.78 is 6.65. The number of fused-ring (bicyclic) bond motifs is 1. The van der Waals surface area contributed by atoms with Crippen molar-refractivity contribution < 1.29 is 14.4 Å². The Kier molecular flexibility index (Phi) is 4.80. The summed E-state index contributed by atoms with van der Waals surface area (Å²) in [7, 11) is 0. The number of aryl methyl sites for hydroxylation is 1. The summed E-state index contributed by atoms with van der Waals surface area (Å²) in [6.45, 7) is 7.79. The van der Waals surface area contributed by atoms with E-state index in [9.17, 15) is 9.59 Å². The first kappa shape index (κ1) is 16.4. The third-order valence-corrected chi connectivity index (χ3v) is 4.36. The molecule has 1 amide bonds. The Morgan fingerprint density at radius 1 is 1.33 bits per heavy atom. The molecule has 1 saturated heterocycles. The van der Waals surface area contributed by atoms with Crippen LogP contribution in [0.4, 0.5) is 4.79 Å². The Morgan fingerprint density at radius 2 is 2.08 bits per heavy atom. The molecule has 1 N–H and O–H groups in total. The summed E-state index contributed by atoms with van der Waals surface area (Å²) >= 11 is 0. The molecule has 24 heavy (non-hydrogen) atoms. The summed E-state index contributed by atoms with van der Waals surface area (Å²) in [5, 5.41) is 0. The number of amides is 1. The summed E-state index contributed by atoms with van der Waals surface area (Å²) in [6.07, 6.45) is -0.242. The second-order valence-electron chi connectivity index (χ2n) is 6.06. The van der Waals surface area contributed by atoms with Gasteiger partial charge < -0.3 is 9.64 Å². The maximum atomic E-state index is 12.3. The molecule has 7 nitrogen and oxygen atoms in total. The average Bonchev–Trinajstić information content (AvgIpc) is 2.55. The first-order valence-electron chi connectivity index (χ1n) is 8.32. The minimum Gasteiger partial charge on any atom is -0.450 e. The molecule has 1 aliphatic rings. The number of ether oxygens (including phenoxy) is 1. The van der Waals surface area contributed by atoms with E-state index < -0.39 is 0 Å². The number of nitrogens with zero attached hydrogens (tertiary/aromatic N) is 3. The van der Waals surface area contributed by atoms with Gasteiger partial charge in [0.1, 0.15) is 17.9 Å². The highest BCUT2D eigenvalue weighted by molar-refractivity contribution is 5.67. The van der Waals surface area contributed by atoms with Crippen molar-refractivity contribution in [3.05, 3.63) is 46.0 Å². The molecule has 1 fully saturated rings. The molecule has 128 valence electrons. The van der Waals surface area contributed by atoms with Gasteiger partial charge >= 0.3 is 6.09 Å². The maximum Gasteiger partial charge on any atom is 0.410 e. The molecule has 7 heteroatoms. The highest BCUT2D eigenvalue weighted by atomic mass is 16.6. The minimum atomic E-state index is -0.242. The number of aromatic nitrogens is 2. The van der Waals surface area contributed by atoms with Gasteiger partial charge in [0.2, 0.25) is 0 Å². The molecular weight excluding hydrogens is 308 g/mol. The van der Waals surface area contributed by atoms with E-state index in [1.807, 2.05) is 32.0 Å². The lowest BCUT2D eigenvalue weighted by atomic mass is 10.3. The van der Waals surface area contributed by atoms with Crippen molar-refractivity contribution in [2.24, 2.45) is 0 Å². The van der Waals surface area contributed by atoms with Gasteiger partial charge in [-0.2, -0.15) is 0 Å². The number of hydrogen-bond donors (Lipinski definition) is 1. The molecule has 0 radical (unpaired) electrons. The minimum absolute atomic E-state index is 0.0438. The van der Waals surface area contributed by atoms with E-state index in [0.717, 1.165) is 24.5 Å². The maximum absolute atomic E-state index is 12.3. The van der Waals surface area contributed by atoms with Crippen molar-refractivity contribution >= 4 is 11.7 Å². The van der Waals surface area contributed by atoms with Crippen molar-refractivity contribution in [2.75, 3.05) is 32.8 Å². The lowest BCUT2D eigenvalue weighted by molar-refractivity contribution is -0.918. The van der Waals surface area contributed by atoms with Crippen molar-refractivity contribution in [3.8, 4) is 0 Å². The van der Waals surface area contributed by atoms with E-state index in [1.54, 1.807) is 15.4 Å². The lowest BCUT2D eigenvalue weighted by Gasteiger charge is -2.31. The van der Waals surface area contributed by atoms with Gasteiger partial charge in [0.05, 0.1) is 32.8 Å². The lowest BCUT2D eigenvalue weighted by Crippen LogP contribution is -3.13. The van der Waals surface area contributed by atoms with Crippen LogP contribution in [0.5, 0.6) is 0 Å². The highest BCUT2D eigenvalue weighted by Gasteiger charge is 2.25. The number of piperazine rings is 1. The van der Waals surface area contributed by atoms with E-state index >= 15 is 0 Å². The monoisotopic (exact) mass is 331 g/mol. The fourth-order valence-corrected chi connectivity index (χ4v) is 3.11. The van der Waals surface area contributed by atoms with Gasteiger partial charge in [-0.3, -0.25) is 14.1 Å². The third kappa shape index (κ3) is 3.41. The largest absolute Gasteiger partial charge is 0.450 e. The molecular formula is C17H23N4O3+. The molecule has 3 heterocycles. The van der Waals surface area contributed by atoms with Crippen LogP contribution in [0.2, 0.25) is 0 Å². The Labute approximate surface area is 140 Å². The Morgan fingerprint density at radius 3 is 2.79 bits per heavy atom. The smallest absolute Gasteiger partial charge is 0.410 e. The van der Waals surface area contributed by atoms with Crippen LogP contribution in [-0.4, -0.2) is 53.2 Å². The zero-order valence-corrected chi connectivity index (χ0v) is 14.1. The Balaban J connectivity index is 1.69. The van der Waals surface area contributed by atoms with E-state index in [2.05, 4.69) is 4.98 Å². The van der Waals surface area contributed by atoms with Gasteiger partial charge in [-0.1, -0.05) is 6.07 Å². The van der Waals surface area contributed by atoms with Gasteiger partial charge in [-0.15, -0.1) is 0 Å². The van der Waals surface area contributed by atoms with Crippen molar-refractivity contribution in [2.45, 2.75) is 20.4 Å². The fraction of sp³-hybridized carbons (Fsp3) is 0.471. The molecule has 2 aromatic rings. The van der Waals surface area contributed by atoms with E-state index in [0.29, 0.717) is 31.9 Å². The number of nitrogens with one attached hydrogen (secondary N) is 1. The van der Waals surface area contributed by atoms with Crippen LogP contribution in [0.3, 0.4) is 0 Å². The molecule has 2 aromatic heterocycles. The summed E-state index contributed by atoms with van der Waals surface area (Å²) in [5.41, 5.74) is 2.32. The van der Waals surface area contributed by atoms with Crippen LogP contribution in [0.1, 0.15) is 18.3 Å². The Bertz CT molecular complexity index is 794. The van der Waals surface area contributed by atoms with Crippen LogP contribution in [0.25, 0.3) is 5.65 Å². The van der Waals surface area contributed by atoms with Crippen molar-refractivity contribution in [1.82, 2.24) is 14.3 Å². The quantitative estimate of drug-likeness (QED) is 0.850. The zero-order chi connectivity index (χ0) is 17.1. The van der Waals surface area contributed by atoms with Gasteiger partial charge in [0.15, 0.2) is 0 Å². The van der Waals surface area contributed by atoms with Crippen LogP contribution in [0, 0.1) is 6.92 Å². The number of rotatable bonds is 3. The average molecular weight is 331 g/mol. The standard InChI is InChI=1S/C17H22N4O3/c1-3-24-17(23)20-9-7-19(8-10-20)12-14-11-16(22)21-13(2)5-4-6-15(21)18-14/h4-6,11H,3,7-10,12H2,1-2H3/p+1. The van der Waals surface area contributed by atoms with Gasteiger partial charge in [0.25, 0.3) is 5.56 Å².